The number of nitrogens with zero attached hydrogens (tertiary/aromatic N) is 2. The summed E-state index contributed by atoms with van der Waals surface area (Å²) in [6.45, 7) is 0. The first-order valence-electron chi connectivity index (χ1n) is 6.00. The van der Waals surface area contributed by atoms with Crippen molar-refractivity contribution in [3.05, 3.63) is 65.7 Å². The molecule has 0 spiro atoms. The van der Waals surface area contributed by atoms with Crippen LogP contribution in [0.4, 0.5) is 8.78 Å². The molecule has 0 aliphatic carbocycles. The van der Waals surface area contributed by atoms with E-state index in [1.54, 1.807) is 35.0 Å². The van der Waals surface area contributed by atoms with E-state index < -0.39 is 0 Å². The van der Waals surface area contributed by atoms with Crippen molar-refractivity contribution in [2.45, 2.75) is 10.9 Å². The molecule has 3 rings (SSSR count). The van der Waals surface area contributed by atoms with Crippen molar-refractivity contribution in [3.8, 4) is 0 Å². The van der Waals surface area contributed by atoms with Crippen LogP contribution in [0.25, 0.3) is 0 Å². The van der Waals surface area contributed by atoms with Crippen LogP contribution in [0.2, 0.25) is 0 Å². The third-order valence-corrected chi connectivity index (χ3v) is 3.66. The first kappa shape index (κ1) is 13.1. The molecule has 0 saturated carbocycles. The lowest BCUT2D eigenvalue weighted by Gasteiger charge is -2.16. The van der Waals surface area contributed by atoms with Gasteiger partial charge in [0.25, 0.3) is 0 Å². The van der Waals surface area contributed by atoms with Crippen LogP contribution in [-0.4, -0.2) is 10.7 Å². The summed E-state index contributed by atoms with van der Waals surface area (Å²) in [5, 5.41) is 4.21. The van der Waals surface area contributed by atoms with Gasteiger partial charge < -0.3 is 0 Å². The molecule has 0 bridgehead atoms. The molecule has 6 heteroatoms. The van der Waals surface area contributed by atoms with Crippen molar-refractivity contribution in [2.24, 2.45) is 5.10 Å². The Hall–Kier alpha value is -1.92. The molecule has 2 aromatic rings. The zero-order chi connectivity index (χ0) is 13.9. The molecule has 1 unspecified atom stereocenters. The second kappa shape index (κ2) is 5.60. The zero-order valence-electron chi connectivity index (χ0n) is 10.3. The minimum Gasteiger partial charge on any atom is -0.207 e. The van der Waals surface area contributed by atoms with Crippen molar-refractivity contribution in [3.63, 3.8) is 0 Å². The number of benzene rings is 2. The summed E-state index contributed by atoms with van der Waals surface area (Å²) in [6, 6.07) is 12.3. The van der Waals surface area contributed by atoms with Gasteiger partial charge in [0.05, 0.1) is 12.3 Å². The number of rotatable bonds is 3. The summed E-state index contributed by atoms with van der Waals surface area (Å²) in [4.78, 5) is 0.871. The van der Waals surface area contributed by atoms with E-state index in [9.17, 15) is 8.78 Å². The molecule has 0 amide bonds. The Bertz CT molecular complexity index is 613. The predicted molar refractivity (Wildman–Crippen MR) is 74.9 cm³/mol. The normalized spacial score (nSPS) is 17.7. The minimum absolute atomic E-state index is 0.0939. The van der Waals surface area contributed by atoms with Crippen LogP contribution in [-0.2, 0) is 0 Å². The number of hydrazine groups is 1. The van der Waals surface area contributed by atoms with Crippen LogP contribution in [0.3, 0.4) is 0 Å². The Morgan fingerprint density at radius 3 is 2.20 bits per heavy atom. The van der Waals surface area contributed by atoms with Gasteiger partial charge in [-0.1, -0.05) is 12.1 Å². The third-order valence-electron chi connectivity index (χ3n) is 2.80. The van der Waals surface area contributed by atoms with Gasteiger partial charge in [0.1, 0.15) is 11.6 Å². The van der Waals surface area contributed by atoms with E-state index in [4.69, 9.17) is 0 Å². The van der Waals surface area contributed by atoms with Crippen molar-refractivity contribution in [1.29, 1.82) is 0 Å². The molecule has 0 fully saturated rings. The summed E-state index contributed by atoms with van der Waals surface area (Å²) in [5.74, 6) is -0.530. The van der Waals surface area contributed by atoms with Crippen LogP contribution in [0.5, 0.6) is 0 Å². The van der Waals surface area contributed by atoms with E-state index in [0.717, 1.165) is 10.5 Å². The summed E-state index contributed by atoms with van der Waals surface area (Å²) in [5.41, 5.74) is 4.08. The molecule has 102 valence electrons. The molecule has 1 aliphatic heterocycles. The fourth-order valence-electron chi connectivity index (χ4n) is 1.79. The molecular weight excluding hydrogens is 280 g/mol. The second-order valence-electron chi connectivity index (χ2n) is 4.24. The molecule has 1 atom stereocenters. The zero-order valence-corrected chi connectivity index (χ0v) is 11.1. The molecule has 2 aromatic carbocycles. The molecule has 0 saturated heterocycles. The van der Waals surface area contributed by atoms with E-state index in [0.29, 0.717) is 0 Å². The van der Waals surface area contributed by atoms with Gasteiger partial charge in [0, 0.05) is 16.8 Å². The first-order valence-corrected chi connectivity index (χ1v) is 6.77. The molecule has 20 heavy (non-hydrogen) atoms. The average molecular weight is 291 g/mol. The maximum Gasteiger partial charge on any atom is 0.123 e. The van der Waals surface area contributed by atoms with E-state index >= 15 is 0 Å². The lowest BCUT2D eigenvalue weighted by atomic mass is 10.1. The van der Waals surface area contributed by atoms with Crippen LogP contribution in [0.1, 0.15) is 11.6 Å². The van der Waals surface area contributed by atoms with Crippen LogP contribution < -0.4 is 5.43 Å². The lowest BCUT2D eigenvalue weighted by molar-refractivity contribution is 0.387. The van der Waals surface area contributed by atoms with Crippen molar-refractivity contribution in [1.82, 2.24) is 9.95 Å². The van der Waals surface area contributed by atoms with Crippen molar-refractivity contribution in [2.75, 3.05) is 0 Å². The van der Waals surface area contributed by atoms with E-state index in [1.807, 2.05) is 0 Å². The Labute approximate surface area is 119 Å². The van der Waals surface area contributed by atoms with Gasteiger partial charge in [-0.3, -0.25) is 0 Å². The van der Waals surface area contributed by atoms with Crippen molar-refractivity contribution < 1.29 is 8.78 Å². The highest BCUT2D eigenvalue weighted by Gasteiger charge is 2.19. The van der Waals surface area contributed by atoms with Gasteiger partial charge in [-0.25, -0.2) is 8.78 Å². The number of halogens is 2. The number of hydrogen-bond donors (Lipinski definition) is 1. The molecule has 0 aromatic heterocycles. The molecular formula is C14H11F2N3S. The minimum atomic E-state index is -0.267. The number of hydrazone groups is 1. The summed E-state index contributed by atoms with van der Waals surface area (Å²) in [7, 11) is 0. The Kier molecular flexibility index (Phi) is 3.66. The third kappa shape index (κ3) is 2.97. The van der Waals surface area contributed by atoms with Crippen LogP contribution >= 0.6 is 11.9 Å². The molecule has 3 nitrogen and oxygen atoms in total. The first-order chi connectivity index (χ1) is 9.70. The van der Waals surface area contributed by atoms with Gasteiger partial charge in [-0.15, -0.1) is 0 Å². The molecule has 1 N–H and O–H groups in total. The maximum atomic E-state index is 12.9. The fraction of sp³-hybridized carbons (Fsp3) is 0.0714. The van der Waals surface area contributed by atoms with Crippen LogP contribution in [0.15, 0.2) is 58.5 Å². The van der Waals surface area contributed by atoms with Gasteiger partial charge >= 0.3 is 0 Å². The van der Waals surface area contributed by atoms with E-state index in [1.165, 1.54) is 36.2 Å². The number of hydrogen-bond acceptors (Lipinski definition) is 4. The fourth-order valence-corrected chi connectivity index (χ4v) is 2.51. The largest absolute Gasteiger partial charge is 0.207 e. The Morgan fingerprint density at radius 1 is 0.950 bits per heavy atom. The van der Waals surface area contributed by atoms with Gasteiger partial charge in [-0.2, -0.15) is 15.1 Å². The van der Waals surface area contributed by atoms with Crippen molar-refractivity contribution >= 4 is 18.2 Å². The Balaban J connectivity index is 1.64. The smallest absolute Gasteiger partial charge is 0.123 e. The predicted octanol–water partition coefficient (Wildman–Crippen LogP) is 3.52. The Morgan fingerprint density at radius 2 is 1.55 bits per heavy atom. The van der Waals surface area contributed by atoms with Gasteiger partial charge in [-0.05, 0) is 42.0 Å². The lowest BCUT2D eigenvalue weighted by Crippen LogP contribution is -2.25. The highest BCUT2D eigenvalue weighted by molar-refractivity contribution is 7.97. The topological polar surface area (TPSA) is 27.6 Å². The highest BCUT2D eigenvalue weighted by Crippen LogP contribution is 2.26. The van der Waals surface area contributed by atoms with Crippen LogP contribution in [0, 0.1) is 11.6 Å². The SMILES string of the molecule is Fc1ccc(SN2N=CC(c3ccc(F)cc3)N2)cc1. The number of nitrogens with one attached hydrogen (secondary N) is 1. The maximum absolute atomic E-state index is 12.9. The quantitative estimate of drug-likeness (QED) is 0.877. The standard InChI is InChI=1S/C14H11F2N3S/c15-11-3-1-10(2-4-11)14-9-17-19(18-14)20-13-7-5-12(16)6-8-13/h1-9,14,18H. The monoisotopic (exact) mass is 291 g/mol. The second-order valence-corrected chi connectivity index (χ2v) is 5.24. The molecule has 0 radical (unpaired) electrons. The highest BCUT2D eigenvalue weighted by atomic mass is 32.2. The van der Waals surface area contributed by atoms with E-state index in [2.05, 4.69) is 10.5 Å². The summed E-state index contributed by atoms with van der Waals surface area (Å²) >= 11 is 1.35. The average Bonchev–Trinajstić information content (AvgIpc) is 2.91. The van der Waals surface area contributed by atoms with Gasteiger partial charge in [0.15, 0.2) is 0 Å². The molecule has 1 aliphatic rings. The molecule has 1 heterocycles. The van der Waals surface area contributed by atoms with E-state index in [-0.39, 0.29) is 17.7 Å². The van der Waals surface area contributed by atoms with Gasteiger partial charge in [0.2, 0.25) is 0 Å². The summed E-state index contributed by atoms with van der Waals surface area (Å²) < 4.78 is 27.3. The summed E-state index contributed by atoms with van der Waals surface area (Å²) in [6.07, 6.45) is 1.74.